The predicted octanol–water partition coefficient (Wildman–Crippen LogP) is 2.51. The summed E-state index contributed by atoms with van der Waals surface area (Å²) in [5.41, 5.74) is -2.47. The van der Waals surface area contributed by atoms with Crippen molar-refractivity contribution in [1.82, 2.24) is 4.57 Å². The number of aromatic nitrogens is 1. The number of rotatable bonds is 7. The van der Waals surface area contributed by atoms with Crippen molar-refractivity contribution in [2.75, 3.05) is 6.61 Å². The largest absolute Gasteiger partial charge is 0.464 e. The summed E-state index contributed by atoms with van der Waals surface area (Å²) in [6, 6.07) is -0.596. The lowest BCUT2D eigenvalue weighted by molar-refractivity contribution is -0.147. The number of alkyl halides is 3. The number of hydrogen-bond acceptors (Lipinski definition) is 4. The molecule has 0 aromatic carbocycles. The molecule has 0 fully saturated rings. The van der Waals surface area contributed by atoms with Gasteiger partial charge in [0.15, 0.2) is 0 Å². The molecule has 0 spiro atoms. The number of esters is 1. The van der Waals surface area contributed by atoms with E-state index in [0.717, 1.165) is 10.8 Å². The number of aldehydes is 1. The molecule has 23 heavy (non-hydrogen) atoms. The van der Waals surface area contributed by atoms with Crippen molar-refractivity contribution in [2.45, 2.75) is 45.3 Å². The van der Waals surface area contributed by atoms with Crippen LogP contribution in [0.1, 0.15) is 43.9 Å². The van der Waals surface area contributed by atoms with E-state index in [1.54, 1.807) is 13.8 Å². The van der Waals surface area contributed by atoms with Crippen LogP contribution in [0.15, 0.2) is 17.1 Å². The molecule has 128 valence electrons. The lowest BCUT2D eigenvalue weighted by Crippen LogP contribution is -2.32. The van der Waals surface area contributed by atoms with Crippen LogP contribution in [0.3, 0.4) is 0 Å². The normalized spacial score (nSPS) is 12.7. The van der Waals surface area contributed by atoms with Crippen molar-refractivity contribution >= 4 is 12.3 Å². The average Bonchev–Trinajstić information content (AvgIpc) is 2.46. The van der Waals surface area contributed by atoms with Crippen molar-refractivity contribution in [2.24, 2.45) is 0 Å². The SMILES string of the molecule is CCCC(C(=O)OCC)n1cc(CC=O)c(C(F)(F)F)cc1=O. The molecule has 0 aliphatic carbocycles. The van der Waals surface area contributed by atoms with E-state index >= 15 is 0 Å². The number of carbonyl (C=O) groups is 2. The molecule has 1 atom stereocenters. The smallest absolute Gasteiger partial charge is 0.416 e. The molecule has 0 N–H and O–H groups in total. The Morgan fingerprint density at radius 1 is 1.39 bits per heavy atom. The van der Waals surface area contributed by atoms with Crippen molar-refractivity contribution in [1.29, 1.82) is 0 Å². The standard InChI is InChI=1S/C15H18F3NO4/c1-3-5-12(14(22)23-4-2)19-9-10(6-7-20)11(8-13(19)21)15(16,17)18/h7-9,12H,3-6H2,1-2H3. The van der Waals surface area contributed by atoms with Crippen LogP contribution in [0.25, 0.3) is 0 Å². The van der Waals surface area contributed by atoms with Crippen LogP contribution in [-0.4, -0.2) is 23.4 Å². The molecule has 1 aromatic heterocycles. The first kappa shape index (κ1) is 18.9. The Morgan fingerprint density at radius 2 is 2.04 bits per heavy atom. The molecular formula is C15H18F3NO4. The molecular weight excluding hydrogens is 315 g/mol. The van der Waals surface area contributed by atoms with E-state index in [0.29, 0.717) is 18.8 Å². The van der Waals surface area contributed by atoms with Gasteiger partial charge in [0.1, 0.15) is 12.3 Å². The minimum absolute atomic E-state index is 0.0929. The minimum Gasteiger partial charge on any atom is -0.464 e. The number of halogens is 3. The van der Waals surface area contributed by atoms with E-state index < -0.39 is 35.7 Å². The summed E-state index contributed by atoms with van der Waals surface area (Å²) in [5.74, 6) is -0.687. The lowest BCUT2D eigenvalue weighted by atomic mass is 10.1. The van der Waals surface area contributed by atoms with Crippen LogP contribution >= 0.6 is 0 Å². The third kappa shape index (κ3) is 4.67. The number of ether oxygens (including phenoxy) is 1. The molecule has 8 heteroatoms. The molecule has 0 aliphatic rings. The Kier molecular flexibility index (Phi) is 6.53. The maximum absolute atomic E-state index is 13.0. The van der Waals surface area contributed by atoms with Crippen LogP contribution in [0.5, 0.6) is 0 Å². The van der Waals surface area contributed by atoms with Gasteiger partial charge < -0.3 is 14.1 Å². The maximum atomic E-state index is 13.0. The van der Waals surface area contributed by atoms with Gasteiger partial charge in [-0.2, -0.15) is 13.2 Å². The zero-order chi connectivity index (χ0) is 17.6. The Morgan fingerprint density at radius 3 is 2.52 bits per heavy atom. The molecule has 1 heterocycles. The highest BCUT2D eigenvalue weighted by atomic mass is 19.4. The van der Waals surface area contributed by atoms with Crippen molar-refractivity contribution in [3.8, 4) is 0 Å². The Hall–Kier alpha value is -2.12. The van der Waals surface area contributed by atoms with E-state index in [1.807, 2.05) is 0 Å². The second-order valence-electron chi connectivity index (χ2n) is 4.88. The third-order valence-corrected chi connectivity index (χ3v) is 3.23. The maximum Gasteiger partial charge on any atom is 0.416 e. The van der Waals surface area contributed by atoms with Crippen molar-refractivity contribution in [3.63, 3.8) is 0 Å². The molecule has 0 aliphatic heterocycles. The van der Waals surface area contributed by atoms with Crippen LogP contribution in [0.2, 0.25) is 0 Å². The first-order valence-corrected chi connectivity index (χ1v) is 7.18. The number of pyridine rings is 1. The third-order valence-electron chi connectivity index (χ3n) is 3.23. The highest BCUT2D eigenvalue weighted by molar-refractivity contribution is 5.74. The molecule has 0 radical (unpaired) electrons. The first-order valence-electron chi connectivity index (χ1n) is 7.18. The highest BCUT2D eigenvalue weighted by Crippen LogP contribution is 2.31. The second-order valence-corrected chi connectivity index (χ2v) is 4.88. The Balaban J connectivity index is 3.45. The molecule has 1 aromatic rings. The van der Waals surface area contributed by atoms with Gasteiger partial charge in [0.25, 0.3) is 5.56 Å². The van der Waals surface area contributed by atoms with Gasteiger partial charge >= 0.3 is 12.1 Å². The molecule has 5 nitrogen and oxygen atoms in total. The number of hydrogen-bond donors (Lipinski definition) is 0. The first-order chi connectivity index (χ1) is 10.8. The van der Waals surface area contributed by atoms with Gasteiger partial charge in [0, 0.05) is 18.7 Å². The summed E-state index contributed by atoms with van der Waals surface area (Å²) in [5, 5.41) is 0. The summed E-state index contributed by atoms with van der Waals surface area (Å²) in [4.78, 5) is 34.6. The molecule has 0 saturated heterocycles. The second kappa shape index (κ2) is 7.94. The van der Waals surface area contributed by atoms with Crippen LogP contribution in [0.4, 0.5) is 13.2 Å². The number of carbonyl (C=O) groups excluding carboxylic acids is 2. The van der Waals surface area contributed by atoms with Gasteiger partial charge in [-0.05, 0) is 18.9 Å². The predicted molar refractivity (Wildman–Crippen MR) is 76.1 cm³/mol. The quantitative estimate of drug-likeness (QED) is 0.568. The average molecular weight is 333 g/mol. The Bertz CT molecular complexity index is 622. The van der Waals surface area contributed by atoms with E-state index in [-0.39, 0.29) is 18.6 Å². The van der Waals surface area contributed by atoms with Gasteiger partial charge in [-0.3, -0.25) is 4.79 Å². The minimum atomic E-state index is -4.75. The van der Waals surface area contributed by atoms with E-state index in [9.17, 15) is 27.6 Å². The summed E-state index contributed by atoms with van der Waals surface area (Å²) < 4.78 is 44.7. The van der Waals surface area contributed by atoms with Gasteiger partial charge in [-0.25, -0.2) is 4.79 Å². The summed E-state index contributed by atoms with van der Waals surface area (Å²) in [7, 11) is 0. The summed E-state index contributed by atoms with van der Waals surface area (Å²) in [6.45, 7) is 3.46. The lowest BCUT2D eigenvalue weighted by Gasteiger charge is -2.20. The van der Waals surface area contributed by atoms with Crippen LogP contribution in [-0.2, 0) is 26.9 Å². The molecule has 1 rings (SSSR count). The highest BCUT2D eigenvalue weighted by Gasteiger charge is 2.35. The molecule has 0 amide bonds. The monoisotopic (exact) mass is 333 g/mol. The zero-order valence-electron chi connectivity index (χ0n) is 12.9. The number of nitrogens with zero attached hydrogens (tertiary/aromatic N) is 1. The van der Waals surface area contributed by atoms with Crippen molar-refractivity contribution < 1.29 is 27.5 Å². The molecule has 1 unspecified atom stereocenters. The topological polar surface area (TPSA) is 65.4 Å². The zero-order valence-corrected chi connectivity index (χ0v) is 12.9. The van der Waals surface area contributed by atoms with Crippen LogP contribution < -0.4 is 5.56 Å². The summed E-state index contributed by atoms with van der Waals surface area (Å²) >= 11 is 0. The molecule has 0 saturated carbocycles. The van der Waals surface area contributed by atoms with Gasteiger partial charge in [-0.15, -0.1) is 0 Å². The fraction of sp³-hybridized carbons (Fsp3) is 0.533. The van der Waals surface area contributed by atoms with E-state index in [2.05, 4.69) is 0 Å². The van der Waals surface area contributed by atoms with E-state index in [1.165, 1.54) is 0 Å². The van der Waals surface area contributed by atoms with Crippen molar-refractivity contribution in [3.05, 3.63) is 33.7 Å². The van der Waals surface area contributed by atoms with E-state index in [4.69, 9.17) is 4.74 Å². The van der Waals surface area contributed by atoms with Crippen LogP contribution in [0, 0.1) is 0 Å². The fourth-order valence-electron chi connectivity index (χ4n) is 2.23. The van der Waals surface area contributed by atoms with Gasteiger partial charge in [-0.1, -0.05) is 13.3 Å². The Labute approximate surface area is 131 Å². The van der Waals surface area contributed by atoms with Gasteiger partial charge in [0.2, 0.25) is 0 Å². The molecule has 0 bridgehead atoms. The fourth-order valence-corrected chi connectivity index (χ4v) is 2.23. The van der Waals surface area contributed by atoms with Gasteiger partial charge in [0.05, 0.1) is 12.2 Å². The summed E-state index contributed by atoms with van der Waals surface area (Å²) in [6.07, 6.45) is -3.24.